The number of carbonyl (C=O) groups excluding carboxylic acids is 2. The van der Waals surface area contributed by atoms with Gasteiger partial charge < -0.3 is 19.7 Å². The molecule has 2 aromatic carbocycles. The molecule has 0 saturated carbocycles. The van der Waals surface area contributed by atoms with E-state index in [1.807, 2.05) is 6.92 Å². The molecule has 0 heterocycles. The first kappa shape index (κ1) is 26.1. The summed E-state index contributed by atoms with van der Waals surface area (Å²) in [6, 6.07) is 11.2. The lowest BCUT2D eigenvalue weighted by Gasteiger charge is -2.27. The molecule has 9 nitrogen and oxygen atoms in total. The molecule has 0 unspecified atom stereocenters. The van der Waals surface area contributed by atoms with Crippen molar-refractivity contribution in [2.75, 3.05) is 26.0 Å². The number of para-hydroxylation sites is 1. The highest BCUT2D eigenvalue weighted by atomic mass is 32.2. The Hall–Kier alpha value is -3.11. The summed E-state index contributed by atoms with van der Waals surface area (Å²) in [6.45, 7) is 7.87. The average Bonchev–Trinajstić information content (AvgIpc) is 2.76. The number of nitrogens with one attached hydrogen (secondary N) is 2. The topological polar surface area (TPSA) is 114 Å². The van der Waals surface area contributed by atoms with Crippen LogP contribution in [0.5, 0.6) is 5.75 Å². The van der Waals surface area contributed by atoms with E-state index in [4.69, 9.17) is 9.47 Å². The lowest BCUT2D eigenvalue weighted by molar-refractivity contribution is 0.0245. The van der Waals surface area contributed by atoms with Crippen LogP contribution in [-0.2, 0) is 21.3 Å². The van der Waals surface area contributed by atoms with Crippen molar-refractivity contribution in [3.63, 3.8) is 0 Å². The van der Waals surface area contributed by atoms with Crippen molar-refractivity contribution in [1.29, 1.82) is 0 Å². The Morgan fingerprint density at radius 2 is 1.76 bits per heavy atom. The van der Waals surface area contributed by atoms with Gasteiger partial charge in [0.2, 0.25) is 10.0 Å². The van der Waals surface area contributed by atoms with Gasteiger partial charge in [-0.15, -0.1) is 0 Å². The Labute approximate surface area is 195 Å². The van der Waals surface area contributed by atoms with Gasteiger partial charge >= 0.3 is 6.09 Å². The number of amides is 2. The van der Waals surface area contributed by atoms with Crippen LogP contribution in [0, 0.1) is 0 Å². The molecule has 2 aromatic rings. The fourth-order valence-electron chi connectivity index (χ4n) is 2.95. The number of ether oxygens (including phenoxy) is 2. The maximum Gasteiger partial charge on any atom is 0.410 e. The SMILES string of the molecule is CCN(Cc1ccccc1NC(=O)c1ccc(OC)c(S(=O)(=O)NC)c1)C(=O)OC(C)(C)C. The molecule has 0 radical (unpaired) electrons. The van der Waals surface area contributed by atoms with Crippen LogP contribution in [0.15, 0.2) is 47.4 Å². The molecule has 33 heavy (non-hydrogen) atoms. The highest BCUT2D eigenvalue weighted by Gasteiger charge is 2.23. The summed E-state index contributed by atoms with van der Waals surface area (Å²) in [5, 5.41) is 2.80. The minimum Gasteiger partial charge on any atom is -0.495 e. The second-order valence-corrected chi connectivity index (χ2v) is 10.0. The van der Waals surface area contributed by atoms with Crippen molar-refractivity contribution in [3.05, 3.63) is 53.6 Å². The number of sulfonamides is 1. The third-order valence-corrected chi connectivity index (χ3v) is 6.08. The van der Waals surface area contributed by atoms with E-state index in [9.17, 15) is 18.0 Å². The molecule has 0 aliphatic heterocycles. The number of benzene rings is 2. The molecule has 0 aliphatic rings. The van der Waals surface area contributed by atoms with Crippen LogP contribution in [0.4, 0.5) is 10.5 Å². The van der Waals surface area contributed by atoms with E-state index in [0.29, 0.717) is 17.8 Å². The van der Waals surface area contributed by atoms with Crippen LogP contribution in [0.1, 0.15) is 43.6 Å². The fourth-order valence-corrected chi connectivity index (χ4v) is 3.87. The third kappa shape index (κ3) is 6.93. The maximum absolute atomic E-state index is 12.9. The molecule has 10 heteroatoms. The van der Waals surface area contributed by atoms with E-state index < -0.39 is 27.6 Å². The predicted octanol–water partition coefficient (Wildman–Crippen LogP) is 3.61. The minimum absolute atomic E-state index is 0.122. The normalized spacial score (nSPS) is 11.6. The van der Waals surface area contributed by atoms with Crippen molar-refractivity contribution in [2.45, 2.75) is 44.7 Å². The Morgan fingerprint density at radius 1 is 1.09 bits per heavy atom. The van der Waals surface area contributed by atoms with Crippen molar-refractivity contribution in [1.82, 2.24) is 9.62 Å². The largest absolute Gasteiger partial charge is 0.495 e. The molecule has 180 valence electrons. The standard InChI is InChI=1S/C23H31N3O6S/c1-7-26(22(28)32-23(2,3)4)15-17-10-8-9-11-18(17)25-21(27)16-12-13-19(31-6)20(14-16)33(29,30)24-5/h8-14,24H,7,15H2,1-6H3,(H,25,27). The smallest absolute Gasteiger partial charge is 0.410 e. The van der Waals surface area contributed by atoms with Crippen molar-refractivity contribution in [2.24, 2.45) is 0 Å². The number of nitrogens with zero attached hydrogens (tertiary/aromatic N) is 1. The van der Waals surface area contributed by atoms with E-state index in [1.54, 1.807) is 45.0 Å². The zero-order valence-corrected chi connectivity index (χ0v) is 20.6. The van der Waals surface area contributed by atoms with Gasteiger partial charge in [0.15, 0.2) is 0 Å². The highest BCUT2D eigenvalue weighted by Crippen LogP contribution is 2.26. The van der Waals surface area contributed by atoms with Gasteiger partial charge in [-0.05, 0) is 64.6 Å². The van der Waals surface area contributed by atoms with E-state index >= 15 is 0 Å². The Bertz CT molecular complexity index is 1110. The number of hydrogen-bond acceptors (Lipinski definition) is 6. The maximum atomic E-state index is 12.9. The summed E-state index contributed by atoms with van der Waals surface area (Å²) in [4.78, 5) is 26.8. The first-order valence-corrected chi connectivity index (χ1v) is 11.9. The van der Waals surface area contributed by atoms with Gasteiger partial charge in [0.05, 0.1) is 13.7 Å². The quantitative estimate of drug-likeness (QED) is 0.600. The first-order chi connectivity index (χ1) is 15.4. The minimum atomic E-state index is -3.83. The summed E-state index contributed by atoms with van der Waals surface area (Å²) in [6.07, 6.45) is -0.455. The summed E-state index contributed by atoms with van der Waals surface area (Å²) >= 11 is 0. The van der Waals surface area contributed by atoms with E-state index in [2.05, 4.69) is 10.0 Å². The Balaban J connectivity index is 2.30. The molecule has 2 amide bonds. The summed E-state index contributed by atoms with van der Waals surface area (Å²) in [7, 11) is -1.20. The third-order valence-electron chi connectivity index (χ3n) is 4.64. The van der Waals surface area contributed by atoms with Crippen LogP contribution >= 0.6 is 0 Å². The molecule has 0 fully saturated rings. The van der Waals surface area contributed by atoms with Crippen molar-refractivity contribution < 1.29 is 27.5 Å². The van der Waals surface area contributed by atoms with Gasteiger partial charge in [0, 0.05) is 17.8 Å². The van der Waals surface area contributed by atoms with Gasteiger partial charge in [-0.3, -0.25) is 4.79 Å². The van der Waals surface area contributed by atoms with Gasteiger partial charge in [-0.2, -0.15) is 0 Å². The average molecular weight is 478 g/mol. The predicted molar refractivity (Wildman–Crippen MR) is 126 cm³/mol. The molecule has 2 rings (SSSR count). The van der Waals surface area contributed by atoms with Gasteiger partial charge in [-0.25, -0.2) is 17.9 Å². The molecule has 0 aliphatic carbocycles. The molecule has 0 aromatic heterocycles. The number of rotatable bonds is 8. The van der Waals surface area contributed by atoms with Gasteiger partial charge in [0.1, 0.15) is 16.2 Å². The highest BCUT2D eigenvalue weighted by molar-refractivity contribution is 7.89. The molecule has 0 atom stereocenters. The molecule has 2 N–H and O–H groups in total. The molecular formula is C23H31N3O6S. The summed E-state index contributed by atoms with van der Waals surface area (Å²) in [5.74, 6) is -0.379. The van der Waals surface area contributed by atoms with Crippen LogP contribution in [0.25, 0.3) is 0 Å². The van der Waals surface area contributed by atoms with Gasteiger partial charge in [0.25, 0.3) is 5.91 Å². The molecule has 0 saturated heterocycles. The summed E-state index contributed by atoms with van der Waals surface area (Å²) in [5.41, 5.74) is 0.713. The van der Waals surface area contributed by atoms with Crippen LogP contribution in [0.2, 0.25) is 0 Å². The zero-order valence-electron chi connectivity index (χ0n) is 19.8. The van der Waals surface area contributed by atoms with Crippen LogP contribution < -0.4 is 14.8 Å². The molecular weight excluding hydrogens is 446 g/mol. The molecule has 0 bridgehead atoms. The number of methoxy groups -OCH3 is 1. The molecule has 0 spiro atoms. The fraction of sp³-hybridized carbons (Fsp3) is 0.391. The summed E-state index contributed by atoms with van der Waals surface area (Å²) < 4.78 is 37.4. The second kappa shape index (κ2) is 10.7. The Morgan fingerprint density at radius 3 is 2.33 bits per heavy atom. The second-order valence-electron chi connectivity index (χ2n) is 8.18. The number of hydrogen-bond donors (Lipinski definition) is 2. The van der Waals surface area contributed by atoms with Crippen molar-refractivity contribution >= 4 is 27.7 Å². The van der Waals surface area contributed by atoms with Gasteiger partial charge in [-0.1, -0.05) is 18.2 Å². The number of anilines is 1. The van der Waals surface area contributed by atoms with E-state index in [-0.39, 0.29) is 22.8 Å². The monoisotopic (exact) mass is 477 g/mol. The van der Waals surface area contributed by atoms with Crippen LogP contribution in [0.3, 0.4) is 0 Å². The lowest BCUT2D eigenvalue weighted by Crippen LogP contribution is -2.36. The lowest BCUT2D eigenvalue weighted by atomic mass is 10.1. The Kier molecular flexibility index (Phi) is 8.45. The van der Waals surface area contributed by atoms with Crippen LogP contribution in [-0.4, -0.2) is 51.6 Å². The van der Waals surface area contributed by atoms with E-state index in [0.717, 1.165) is 0 Å². The number of carbonyl (C=O) groups is 2. The van der Waals surface area contributed by atoms with E-state index in [1.165, 1.54) is 37.3 Å². The van der Waals surface area contributed by atoms with Crippen molar-refractivity contribution in [3.8, 4) is 5.75 Å². The first-order valence-electron chi connectivity index (χ1n) is 10.4. The zero-order chi connectivity index (χ0) is 24.8.